The van der Waals surface area contributed by atoms with E-state index in [1.807, 2.05) is 25.2 Å². The molecule has 0 amide bonds. The number of hydrazine groups is 1. The lowest BCUT2D eigenvalue weighted by Crippen LogP contribution is -2.23. The molecule has 2 aromatic rings. The van der Waals surface area contributed by atoms with Crippen LogP contribution in [0.2, 0.25) is 4.34 Å². The minimum Gasteiger partial charge on any atom is -0.354 e. The topological polar surface area (TPSA) is 67.1 Å². The molecular weight excluding hydrogens is 306 g/mol. The number of hydrogen-bond donors (Lipinski definition) is 2. The number of halogens is 1. The number of nitrogens with zero attached hydrogens (tertiary/aromatic N) is 3. The monoisotopic (exact) mass is 325 g/mol. The van der Waals surface area contributed by atoms with Crippen molar-refractivity contribution in [3.63, 3.8) is 0 Å². The van der Waals surface area contributed by atoms with Gasteiger partial charge in [-0.05, 0) is 12.1 Å². The maximum atomic E-state index is 5.97. The predicted octanol–water partition coefficient (Wildman–Crippen LogP) is 3.41. The van der Waals surface area contributed by atoms with Crippen molar-refractivity contribution >= 4 is 34.6 Å². The van der Waals surface area contributed by atoms with Crippen LogP contribution in [0.25, 0.3) is 0 Å². The Balaban J connectivity index is 2.29. The fourth-order valence-electron chi connectivity index (χ4n) is 1.79. The molecule has 2 heterocycles. The van der Waals surface area contributed by atoms with Gasteiger partial charge < -0.3 is 10.3 Å². The van der Waals surface area contributed by atoms with E-state index < -0.39 is 0 Å². The van der Waals surface area contributed by atoms with Crippen molar-refractivity contribution in [2.75, 3.05) is 17.4 Å². The second-order valence-electron chi connectivity index (χ2n) is 5.89. The van der Waals surface area contributed by atoms with Crippen molar-refractivity contribution in [3.05, 3.63) is 33.2 Å². The zero-order chi connectivity index (χ0) is 15.6. The van der Waals surface area contributed by atoms with Crippen molar-refractivity contribution in [1.29, 1.82) is 0 Å². The standard InChI is InChI=1S/C14H20ClN5S/c1-14(2,3)13-17-11(19-16)7-12(18-13)20(4)8-9-5-6-10(15)21-9/h5-7H,8,16H2,1-4H3,(H,17,18,19). The minimum atomic E-state index is -0.144. The van der Waals surface area contributed by atoms with E-state index in [9.17, 15) is 0 Å². The highest BCUT2D eigenvalue weighted by Gasteiger charge is 2.20. The lowest BCUT2D eigenvalue weighted by molar-refractivity contribution is 0.545. The Morgan fingerprint density at radius 2 is 2.05 bits per heavy atom. The molecule has 0 aliphatic carbocycles. The van der Waals surface area contributed by atoms with Crippen LogP contribution in [0.1, 0.15) is 31.5 Å². The van der Waals surface area contributed by atoms with Crippen molar-refractivity contribution in [1.82, 2.24) is 9.97 Å². The molecule has 2 rings (SSSR count). The summed E-state index contributed by atoms with van der Waals surface area (Å²) in [6, 6.07) is 5.77. The van der Waals surface area contributed by atoms with Gasteiger partial charge in [-0.25, -0.2) is 15.8 Å². The number of nitrogens with one attached hydrogen (secondary N) is 1. The van der Waals surface area contributed by atoms with Crippen molar-refractivity contribution in [2.24, 2.45) is 5.84 Å². The Bertz CT molecular complexity index is 620. The molecule has 5 nitrogen and oxygen atoms in total. The Kier molecular flexibility index (Phi) is 4.70. The Morgan fingerprint density at radius 1 is 1.33 bits per heavy atom. The Morgan fingerprint density at radius 3 is 2.57 bits per heavy atom. The number of rotatable bonds is 4. The summed E-state index contributed by atoms with van der Waals surface area (Å²) >= 11 is 7.54. The molecule has 0 unspecified atom stereocenters. The van der Waals surface area contributed by atoms with Gasteiger partial charge in [-0.3, -0.25) is 0 Å². The van der Waals surface area contributed by atoms with E-state index in [0.29, 0.717) is 5.82 Å². The van der Waals surface area contributed by atoms with E-state index in [-0.39, 0.29) is 5.41 Å². The maximum Gasteiger partial charge on any atom is 0.145 e. The van der Waals surface area contributed by atoms with Crippen LogP contribution < -0.4 is 16.2 Å². The first-order chi connectivity index (χ1) is 9.79. The number of anilines is 2. The van der Waals surface area contributed by atoms with Gasteiger partial charge in [0.25, 0.3) is 0 Å². The highest BCUT2D eigenvalue weighted by atomic mass is 35.5. The summed E-state index contributed by atoms with van der Waals surface area (Å²) in [6.07, 6.45) is 0. The molecule has 21 heavy (non-hydrogen) atoms. The summed E-state index contributed by atoms with van der Waals surface area (Å²) < 4.78 is 0.792. The minimum absolute atomic E-state index is 0.144. The predicted molar refractivity (Wildman–Crippen MR) is 90.0 cm³/mol. The zero-order valence-corrected chi connectivity index (χ0v) is 14.2. The third-order valence-corrected chi connectivity index (χ3v) is 4.16. The highest BCUT2D eigenvalue weighted by molar-refractivity contribution is 7.16. The summed E-state index contributed by atoms with van der Waals surface area (Å²) in [6.45, 7) is 6.96. The molecule has 0 saturated heterocycles. The third kappa shape index (κ3) is 4.06. The number of hydrogen-bond acceptors (Lipinski definition) is 6. The second kappa shape index (κ2) is 6.17. The largest absolute Gasteiger partial charge is 0.354 e. The average Bonchev–Trinajstić information content (AvgIpc) is 2.82. The van der Waals surface area contributed by atoms with Crippen LogP contribution in [-0.4, -0.2) is 17.0 Å². The molecule has 0 fully saturated rings. The van der Waals surface area contributed by atoms with Gasteiger partial charge in [-0.2, -0.15) is 0 Å². The van der Waals surface area contributed by atoms with E-state index in [1.54, 1.807) is 11.3 Å². The molecule has 0 bridgehead atoms. The van der Waals surface area contributed by atoms with Crippen molar-refractivity contribution < 1.29 is 0 Å². The van der Waals surface area contributed by atoms with Crippen molar-refractivity contribution in [3.8, 4) is 0 Å². The SMILES string of the molecule is CN(Cc1ccc(Cl)s1)c1cc(NN)nc(C(C)(C)C)n1. The molecule has 2 aromatic heterocycles. The van der Waals surface area contributed by atoms with E-state index in [1.165, 1.54) is 4.88 Å². The van der Waals surface area contributed by atoms with Gasteiger partial charge in [0.1, 0.15) is 17.5 Å². The molecule has 0 radical (unpaired) electrons. The molecule has 3 N–H and O–H groups in total. The summed E-state index contributed by atoms with van der Waals surface area (Å²) in [4.78, 5) is 12.3. The normalized spacial score (nSPS) is 11.5. The van der Waals surface area contributed by atoms with Crippen LogP contribution in [0.5, 0.6) is 0 Å². The smallest absolute Gasteiger partial charge is 0.145 e. The molecule has 0 saturated carbocycles. The van der Waals surface area contributed by atoms with Gasteiger partial charge in [0.05, 0.1) is 10.9 Å². The molecule has 0 aliphatic heterocycles. The van der Waals surface area contributed by atoms with Gasteiger partial charge >= 0.3 is 0 Å². The van der Waals surface area contributed by atoms with E-state index >= 15 is 0 Å². The van der Waals surface area contributed by atoms with Crippen LogP contribution in [0, 0.1) is 0 Å². The molecule has 7 heteroatoms. The third-order valence-electron chi connectivity index (χ3n) is 2.94. The maximum absolute atomic E-state index is 5.97. The highest BCUT2D eigenvalue weighted by Crippen LogP contribution is 2.26. The van der Waals surface area contributed by atoms with E-state index in [4.69, 9.17) is 17.4 Å². The van der Waals surface area contributed by atoms with Gasteiger partial charge in [0.15, 0.2) is 0 Å². The number of thiophene rings is 1. The summed E-state index contributed by atoms with van der Waals surface area (Å²) in [5, 5.41) is 0. The van der Waals surface area contributed by atoms with Crippen LogP contribution in [0.15, 0.2) is 18.2 Å². The lowest BCUT2D eigenvalue weighted by Gasteiger charge is -2.22. The first kappa shape index (κ1) is 16.0. The van der Waals surface area contributed by atoms with E-state index in [2.05, 4.69) is 41.1 Å². The molecule has 0 atom stereocenters. The first-order valence-electron chi connectivity index (χ1n) is 6.61. The molecular formula is C14H20ClN5S. The zero-order valence-electron chi connectivity index (χ0n) is 12.6. The summed E-state index contributed by atoms with van der Waals surface area (Å²) in [5.41, 5.74) is 2.46. The molecule has 114 valence electrons. The quantitative estimate of drug-likeness (QED) is 0.666. The van der Waals surface area contributed by atoms with Crippen LogP contribution in [0.4, 0.5) is 11.6 Å². The van der Waals surface area contributed by atoms with Gasteiger partial charge in [0, 0.05) is 23.4 Å². The average molecular weight is 326 g/mol. The molecule has 0 spiro atoms. The fraction of sp³-hybridized carbons (Fsp3) is 0.429. The van der Waals surface area contributed by atoms with E-state index in [0.717, 1.165) is 22.5 Å². The van der Waals surface area contributed by atoms with Crippen LogP contribution >= 0.6 is 22.9 Å². The van der Waals surface area contributed by atoms with Crippen molar-refractivity contribution in [2.45, 2.75) is 32.7 Å². The first-order valence-corrected chi connectivity index (χ1v) is 7.80. The fourth-order valence-corrected chi connectivity index (χ4v) is 2.93. The second-order valence-corrected chi connectivity index (χ2v) is 7.69. The summed E-state index contributed by atoms with van der Waals surface area (Å²) in [7, 11) is 1.99. The molecule has 0 aliphatic rings. The van der Waals surface area contributed by atoms with Gasteiger partial charge in [-0.15, -0.1) is 11.3 Å². The number of nitrogen functional groups attached to an aromatic ring is 1. The van der Waals surface area contributed by atoms with Crippen LogP contribution in [-0.2, 0) is 12.0 Å². The Labute approximate surface area is 134 Å². The van der Waals surface area contributed by atoms with Crippen LogP contribution in [0.3, 0.4) is 0 Å². The van der Waals surface area contributed by atoms with Gasteiger partial charge in [-0.1, -0.05) is 32.4 Å². The summed E-state index contributed by atoms with van der Waals surface area (Å²) in [5.74, 6) is 7.70. The Hall–Kier alpha value is -1.37. The number of aromatic nitrogens is 2. The molecule has 0 aromatic carbocycles. The lowest BCUT2D eigenvalue weighted by atomic mass is 9.96. The van der Waals surface area contributed by atoms with Gasteiger partial charge in [0.2, 0.25) is 0 Å². The number of nitrogens with two attached hydrogens (primary N) is 1.